The Morgan fingerprint density at radius 3 is 2.34 bits per heavy atom. The molecule has 22 nitrogen and oxygen atoms in total. The van der Waals surface area contributed by atoms with Gasteiger partial charge in [-0.15, -0.1) is 0 Å². The summed E-state index contributed by atoms with van der Waals surface area (Å²) in [5.74, 6) is -2.90. The minimum absolute atomic E-state index is 0.0586. The number of allylic oxidation sites excluding steroid dienone is 2. The fourth-order valence-corrected chi connectivity index (χ4v) is 17.8. The van der Waals surface area contributed by atoms with Gasteiger partial charge in [0.05, 0.1) is 56.3 Å². The lowest BCUT2D eigenvalue weighted by atomic mass is 9.47. The van der Waals surface area contributed by atoms with Gasteiger partial charge >= 0.3 is 24.0 Å². The molecule has 10 aliphatic rings. The van der Waals surface area contributed by atoms with E-state index in [1.807, 2.05) is 55.0 Å². The van der Waals surface area contributed by atoms with Crippen molar-refractivity contribution in [1.29, 1.82) is 0 Å². The maximum absolute atomic E-state index is 15.3. The molecule has 13 rings (SSSR count). The first-order valence-electron chi connectivity index (χ1n) is 28.9. The molecule has 0 unspecified atom stereocenters. The molecule has 4 saturated heterocycles. The van der Waals surface area contributed by atoms with E-state index >= 15 is 4.79 Å². The summed E-state index contributed by atoms with van der Waals surface area (Å²) in [5.41, 5.74) is 9.05. The first-order chi connectivity index (χ1) is 39.6. The molecule has 444 valence electrons. The Labute approximate surface area is 481 Å². The summed E-state index contributed by atoms with van der Waals surface area (Å²) in [5, 5.41) is 29.6. The number of esters is 3. The van der Waals surface area contributed by atoms with Crippen LogP contribution in [-0.4, -0.2) is 194 Å². The molecular weight excluding hydrogens is 1070 g/mol. The van der Waals surface area contributed by atoms with Crippen LogP contribution in [0.3, 0.4) is 0 Å². The third-order valence-corrected chi connectivity index (χ3v) is 21.1. The molecule has 22 heteroatoms. The zero-order chi connectivity index (χ0) is 59.2. The number of carbonyl (C=O) groups excluding carboxylic acids is 6. The van der Waals surface area contributed by atoms with E-state index in [4.69, 9.17) is 39.9 Å². The van der Waals surface area contributed by atoms with Crippen LogP contribution >= 0.6 is 0 Å². The van der Waals surface area contributed by atoms with Gasteiger partial charge in [-0.25, -0.2) is 9.59 Å². The van der Waals surface area contributed by atoms with Gasteiger partial charge in [0.2, 0.25) is 17.2 Å². The highest BCUT2D eigenvalue weighted by atomic mass is 16.6. The van der Waals surface area contributed by atoms with E-state index in [2.05, 4.69) is 44.4 Å². The predicted octanol–water partition coefficient (Wildman–Crippen LogP) is 2.34. The second-order valence-electron chi connectivity index (χ2n) is 24.7. The Hall–Kier alpha value is -6.82. The molecule has 14 atom stereocenters. The number of anilines is 1. The number of hydrogen-bond donors (Lipinski definition) is 6. The van der Waals surface area contributed by atoms with Gasteiger partial charge in [-0.3, -0.25) is 29.0 Å². The quantitative estimate of drug-likeness (QED) is 0.0558. The highest BCUT2D eigenvalue weighted by Crippen LogP contribution is 2.68. The summed E-state index contributed by atoms with van der Waals surface area (Å²) in [6.45, 7) is 10.5. The normalized spacial score (nSPS) is 36.9. The number of hydrogen-bond acceptors (Lipinski definition) is 20. The van der Waals surface area contributed by atoms with Gasteiger partial charge in [0.15, 0.2) is 11.8 Å². The average molecular weight is 1150 g/mol. The van der Waals surface area contributed by atoms with Gasteiger partial charge in [-0.1, -0.05) is 44.2 Å². The molecule has 2 aromatic carbocycles. The predicted molar refractivity (Wildman–Crippen MR) is 301 cm³/mol. The monoisotopic (exact) mass is 1140 g/mol. The van der Waals surface area contributed by atoms with Gasteiger partial charge in [0, 0.05) is 122 Å². The minimum atomic E-state index is -2.30. The maximum atomic E-state index is 15.3. The lowest BCUT2D eigenvalue weighted by molar-refractivity contribution is -0.228. The first kappa shape index (κ1) is 56.7. The molecule has 0 radical (unpaired) electrons. The largest absolute Gasteiger partial charge is 0.496 e. The number of carbonyl (C=O) groups is 6. The zero-order valence-electron chi connectivity index (χ0n) is 48.6. The number of H-pyrrole nitrogens is 1. The number of nitrogens with zero attached hydrogens (tertiary/aromatic N) is 4. The Morgan fingerprint density at radius 2 is 1.66 bits per heavy atom. The summed E-state index contributed by atoms with van der Waals surface area (Å²) in [4.78, 5) is 91.6. The van der Waals surface area contributed by atoms with Crippen molar-refractivity contribution in [3.63, 3.8) is 0 Å². The number of piperidine rings is 1. The summed E-state index contributed by atoms with van der Waals surface area (Å²) >= 11 is 0. The molecule has 1 amide bonds. The SMILES string of the molecule is CC[C@]1(O)C[C@@H]2C[N@@](CCc3c([nH]c4ccccc34)[C@@](C(=O)OC)(c3cc4c(cc3OC)N(C)[C@H]3[C@@](O)(C(=O)OC)[C@H](OC(C)=O)[C@]5(CC)C=CCN6CC[C@]43[C@@H]65)C2)C1.CO[C@@]12[C@H](COC(N)=O)C3=C(C(=O)C(C)=C(N)C3=O)N1C[C@@H]1N[C@@H]12. The molecule has 2 aliphatic carbocycles. The number of methoxy groups -OCH3 is 4. The number of primary amides is 1. The van der Waals surface area contributed by atoms with Crippen LogP contribution in [0.5, 0.6) is 5.75 Å². The third-order valence-electron chi connectivity index (χ3n) is 21.1. The molecule has 5 fully saturated rings. The van der Waals surface area contributed by atoms with E-state index in [0.29, 0.717) is 94.8 Å². The van der Waals surface area contributed by atoms with Crippen LogP contribution in [-0.2, 0) is 64.9 Å². The number of aromatic nitrogens is 1. The molecule has 9 heterocycles. The number of amides is 1. The van der Waals surface area contributed by atoms with Crippen LogP contribution < -0.4 is 26.4 Å². The van der Waals surface area contributed by atoms with Crippen LogP contribution in [0.25, 0.3) is 10.9 Å². The van der Waals surface area contributed by atoms with E-state index in [-0.39, 0.29) is 53.3 Å². The second-order valence-corrected chi connectivity index (χ2v) is 24.7. The highest BCUT2D eigenvalue weighted by molar-refractivity contribution is 6.25. The molecule has 1 saturated carbocycles. The average Bonchev–Trinajstić information content (AvgIpc) is 1.55. The van der Waals surface area contributed by atoms with Gasteiger partial charge in [-0.05, 0) is 81.2 Å². The number of aliphatic hydroxyl groups is 2. The van der Waals surface area contributed by atoms with E-state index in [9.17, 15) is 34.2 Å². The standard InChI is InChI=1S/C46H58N4O9.C15H18N4O5/c1-8-42(54)23-28-24-45(40(52)57-6,36-30(15-19-49(25-28)26-42)29-13-10-11-14-33(29)47-36)32-21-31-34(22-35(32)56-5)48(4)38-44(31)17-20-50-18-12-16-43(9-2,37(44)50)39(59-27(3)51)46(38,55)41(53)58-7;1-5-9(16)12(21)8-6(4-24-14(17)22)15(23-2)13-7(18-13)3-19(15)10(8)11(5)20/h10-14,16,21-22,28,37-39,47,54-55H,8-9,15,17-20,23-26H2,1-7H3;6-7,13,18H,3-4,16H2,1-2H3,(H2,17,22)/t28-,37-,38+,39+,42-,43+,44+,45-,46-;6-,7+,13+,15-/m01/s1. The van der Waals surface area contributed by atoms with E-state index in [1.165, 1.54) is 35.2 Å². The van der Waals surface area contributed by atoms with Crippen molar-refractivity contribution >= 4 is 52.2 Å². The molecule has 8 N–H and O–H groups in total. The second kappa shape index (κ2) is 19.6. The van der Waals surface area contributed by atoms with Crippen molar-refractivity contribution < 1.29 is 67.4 Å². The Morgan fingerprint density at radius 1 is 0.916 bits per heavy atom. The number of ketones is 2. The molecular formula is C61H76N8O14. The molecule has 83 heavy (non-hydrogen) atoms. The number of nitrogens with one attached hydrogen (secondary N) is 2. The first-order valence-corrected chi connectivity index (χ1v) is 28.9. The van der Waals surface area contributed by atoms with Crippen molar-refractivity contribution in [3.8, 4) is 5.75 Å². The molecule has 1 aromatic heterocycles. The van der Waals surface area contributed by atoms with Gasteiger partial charge in [0.1, 0.15) is 17.8 Å². The van der Waals surface area contributed by atoms with Crippen molar-refractivity contribution in [1.82, 2.24) is 25.0 Å². The Bertz CT molecular complexity index is 3390. The van der Waals surface area contributed by atoms with Gasteiger partial charge in [-0.2, -0.15) is 0 Å². The summed E-state index contributed by atoms with van der Waals surface area (Å²) in [6, 6.07) is 11.1. The van der Waals surface area contributed by atoms with Crippen LogP contribution in [0.1, 0.15) is 82.2 Å². The number of ether oxygens (including phenoxy) is 6. The van der Waals surface area contributed by atoms with E-state index in [0.717, 1.165) is 33.4 Å². The molecule has 8 aliphatic heterocycles. The summed E-state index contributed by atoms with van der Waals surface area (Å²) in [6.07, 6.45) is 5.00. The molecule has 1 spiro atoms. The number of benzene rings is 2. The van der Waals surface area contributed by atoms with Crippen LogP contribution in [0.15, 0.2) is 71.1 Å². The topological polar surface area (TPSA) is 301 Å². The lowest BCUT2D eigenvalue weighted by Gasteiger charge is -2.63. The number of nitrogens with two attached hydrogens (primary N) is 2. The fourth-order valence-electron chi connectivity index (χ4n) is 17.8. The lowest BCUT2D eigenvalue weighted by Crippen LogP contribution is -2.81. The fraction of sp³-hybridized carbons (Fsp3) is 0.574. The summed E-state index contributed by atoms with van der Waals surface area (Å²) in [7, 11) is 7.67. The van der Waals surface area contributed by atoms with Gasteiger partial charge in [0.25, 0.3) is 0 Å². The number of para-hydroxylation sites is 1. The van der Waals surface area contributed by atoms with Crippen molar-refractivity contribution in [2.24, 2.45) is 28.7 Å². The Balaban J connectivity index is 0.000000235. The van der Waals surface area contributed by atoms with Crippen LogP contribution in [0.4, 0.5) is 10.5 Å². The third kappa shape index (κ3) is 7.53. The van der Waals surface area contributed by atoms with Gasteiger partial charge < -0.3 is 70.2 Å². The molecule has 2 bridgehead atoms. The van der Waals surface area contributed by atoms with Crippen molar-refractivity contribution in [2.75, 3.05) is 86.3 Å². The highest BCUT2D eigenvalue weighted by Gasteiger charge is 2.81. The van der Waals surface area contributed by atoms with Crippen molar-refractivity contribution in [2.45, 2.75) is 124 Å². The van der Waals surface area contributed by atoms with E-state index < -0.39 is 81.0 Å². The van der Waals surface area contributed by atoms with Crippen LogP contribution in [0, 0.1) is 17.3 Å². The number of fused-ring (bicyclic) bond motifs is 10. The number of piperazine rings is 1. The van der Waals surface area contributed by atoms with E-state index in [1.54, 1.807) is 7.11 Å². The number of rotatable bonds is 10. The Kier molecular flexibility index (Phi) is 13.4. The number of aromatic amines is 1. The maximum Gasteiger partial charge on any atom is 0.404 e. The van der Waals surface area contributed by atoms with Crippen molar-refractivity contribution in [3.05, 3.63) is 93.5 Å². The number of likely N-dealkylation sites (N-methyl/N-ethyl adjacent to an activating group) is 1. The van der Waals surface area contributed by atoms with Crippen LogP contribution in [0.2, 0.25) is 0 Å². The molecule has 3 aromatic rings. The minimum Gasteiger partial charge on any atom is -0.496 e. The smallest absolute Gasteiger partial charge is 0.404 e. The number of Topliss-reactive ketones (excluding diaryl/α,β-unsaturated/α-hetero) is 2. The summed E-state index contributed by atoms with van der Waals surface area (Å²) < 4.78 is 34.7. The zero-order valence-corrected chi connectivity index (χ0v) is 48.6.